The monoisotopic (exact) mass is 409 g/mol. The van der Waals surface area contributed by atoms with Crippen molar-refractivity contribution in [2.45, 2.75) is 25.7 Å². The maximum absolute atomic E-state index is 12.9. The molecule has 0 atom stereocenters. The molecule has 2 amide bonds. The molecule has 0 radical (unpaired) electrons. The second-order valence-electron chi connectivity index (χ2n) is 6.86. The van der Waals surface area contributed by atoms with Crippen LogP contribution in [0, 0.1) is 20.8 Å². The van der Waals surface area contributed by atoms with Crippen LogP contribution in [0.2, 0.25) is 0 Å². The average molecular weight is 410 g/mol. The summed E-state index contributed by atoms with van der Waals surface area (Å²) in [6.45, 7) is 5.49. The van der Waals surface area contributed by atoms with Crippen LogP contribution in [0.4, 0.5) is 21.9 Å². The first-order valence-electron chi connectivity index (χ1n) is 9.08. The van der Waals surface area contributed by atoms with Gasteiger partial charge in [-0.1, -0.05) is 42.0 Å². The molecule has 0 heterocycles. The molecule has 0 aromatic heterocycles. The van der Waals surface area contributed by atoms with Gasteiger partial charge in [0.15, 0.2) is 0 Å². The molecule has 0 aliphatic rings. The van der Waals surface area contributed by atoms with Gasteiger partial charge in [0.1, 0.15) is 0 Å². The molecule has 29 heavy (non-hydrogen) atoms. The number of hydrogen-bond donors (Lipinski definition) is 3. The van der Waals surface area contributed by atoms with E-state index in [1.54, 1.807) is 50.2 Å². The van der Waals surface area contributed by atoms with Gasteiger partial charge in [-0.05, 0) is 62.2 Å². The second kappa shape index (κ2) is 8.36. The fraction of sp³-hybridized carbons (Fsp3) is 0.136. The highest BCUT2D eigenvalue weighted by Crippen LogP contribution is 2.25. The zero-order valence-corrected chi connectivity index (χ0v) is 17.3. The highest BCUT2D eigenvalue weighted by Gasteiger charge is 2.20. The third-order valence-electron chi connectivity index (χ3n) is 4.28. The Morgan fingerprint density at radius 2 is 1.28 bits per heavy atom. The van der Waals surface area contributed by atoms with Crippen LogP contribution in [-0.2, 0) is 10.0 Å². The Bertz CT molecular complexity index is 1120. The Morgan fingerprint density at radius 1 is 0.724 bits per heavy atom. The van der Waals surface area contributed by atoms with Crippen molar-refractivity contribution in [3.05, 3.63) is 83.4 Å². The number of anilines is 3. The zero-order chi connectivity index (χ0) is 21.0. The molecule has 150 valence electrons. The number of urea groups is 1. The Balaban J connectivity index is 1.77. The van der Waals surface area contributed by atoms with Crippen molar-refractivity contribution >= 4 is 33.1 Å². The van der Waals surface area contributed by atoms with Crippen LogP contribution < -0.4 is 15.4 Å². The summed E-state index contributed by atoms with van der Waals surface area (Å²) in [6.07, 6.45) is 0. The van der Waals surface area contributed by atoms with E-state index in [9.17, 15) is 13.2 Å². The highest BCUT2D eigenvalue weighted by molar-refractivity contribution is 7.92. The maximum Gasteiger partial charge on any atom is 0.323 e. The summed E-state index contributed by atoms with van der Waals surface area (Å²) in [4.78, 5) is 12.4. The maximum atomic E-state index is 12.9. The summed E-state index contributed by atoms with van der Waals surface area (Å²) >= 11 is 0. The lowest BCUT2D eigenvalue weighted by Crippen LogP contribution is -2.20. The molecule has 3 N–H and O–H groups in total. The molecule has 0 saturated heterocycles. The topological polar surface area (TPSA) is 87.3 Å². The number of benzene rings is 3. The molecule has 0 aliphatic carbocycles. The Hall–Kier alpha value is -3.32. The summed E-state index contributed by atoms with van der Waals surface area (Å²) in [5, 5.41) is 5.42. The number of rotatable bonds is 5. The fourth-order valence-electron chi connectivity index (χ4n) is 3.27. The Labute approximate surface area is 171 Å². The van der Waals surface area contributed by atoms with Gasteiger partial charge in [0.25, 0.3) is 10.0 Å². The van der Waals surface area contributed by atoms with Gasteiger partial charge in [0, 0.05) is 11.4 Å². The van der Waals surface area contributed by atoms with Crippen molar-refractivity contribution in [2.75, 3.05) is 15.4 Å². The van der Waals surface area contributed by atoms with E-state index in [-0.39, 0.29) is 4.90 Å². The Kier molecular flexibility index (Phi) is 5.89. The summed E-state index contributed by atoms with van der Waals surface area (Å²) in [5.74, 6) is 0. The minimum Gasteiger partial charge on any atom is -0.308 e. The average Bonchev–Trinajstić information content (AvgIpc) is 2.61. The predicted octanol–water partition coefficient (Wildman–Crippen LogP) is 5.06. The molecule has 0 unspecified atom stereocenters. The van der Waals surface area contributed by atoms with Gasteiger partial charge < -0.3 is 10.6 Å². The molecule has 0 saturated carbocycles. The fourth-order valence-corrected chi connectivity index (χ4v) is 4.78. The predicted molar refractivity (Wildman–Crippen MR) is 117 cm³/mol. The molecule has 0 spiro atoms. The summed E-state index contributed by atoms with van der Waals surface area (Å²) in [6, 6.07) is 18.9. The van der Waals surface area contributed by atoms with Gasteiger partial charge in [-0.3, -0.25) is 4.72 Å². The first-order chi connectivity index (χ1) is 13.7. The summed E-state index contributed by atoms with van der Waals surface area (Å²) in [5.41, 5.74) is 3.87. The lowest BCUT2D eigenvalue weighted by molar-refractivity contribution is 0.262. The smallest absolute Gasteiger partial charge is 0.308 e. The van der Waals surface area contributed by atoms with E-state index in [0.717, 1.165) is 5.56 Å². The number of aryl methyl sites for hydroxylation is 3. The molecule has 7 heteroatoms. The van der Waals surface area contributed by atoms with Crippen molar-refractivity contribution in [3.63, 3.8) is 0 Å². The second-order valence-corrected chi connectivity index (χ2v) is 8.48. The highest BCUT2D eigenvalue weighted by atomic mass is 32.2. The molecule has 0 fully saturated rings. The minimum absolute atomic E-state index is 0.267. The number of sulfonamides is 1. The Morgan fingerprint density at radius 3 is 1.93 bits per heavy atom. The van der Waals surface area contributed by atoms with Gasteiger partial charge in [0.2, 0.25) is 0 Å². The molecule has 6 nitrogen and oxygen atoms in total. The van der Waals surface area contributed by atoms with Crippen molar-refractivity contribution in [2.24, 2.45) is 0 Å². The number of nitrogens with one attached hydrogen (secondary N) is 3. The zero-order valence-electron chi connectivity index (χ0n) is 16.5. The number of hydrogen-bond acceptors (Lipinski definition) is 3. The third-order valence-corrected chi connectivity index (χ3v) is 5.96. The standard InChI is InChI=1S/C22H23N3O3S/c1-15-12-16(2)21(17(3)13-15)29(27,28)25-20-11-7-10-19(14-20)24-22(26)23-18-8-5-4-6-9-18/h4-14,25H,1-3H3,(H2,23,24,26). The first kappa shape index (κ1) is 20.4. The van der Waals surface area contributed by atoms with E-state index >= 15 is 0 Å². The van der Waals surface area contributed by atoms with Crippen molar-refractivity contribution in [1.82, 2.24) is 0 Å². The van der Waals surface area contributed by atoms with Gasteiger partial charge >= 0.3 is 6.03 Å². The number of carbonyl (C=O) groups excluding carboxylic acids is 1. The molecule has 3 aromatic carbocycles. The SMILES string of the molecule is Cc1cc(C)c(S(=O)(=O)Nc2cccc(NC(=O)Nc3ccccc3)c2)c(C)c1. The largest absolute Gasteiger partial charge is 0.323 e. The minimum atomic E-state index is -3.76. The van der Waals surface area contributed by atoms with E-state index in [0.29, 0.717) is 28.2 Å². The van der Waals surface area contributed by atoms with Crippen LogP contribution in [0.25, 0.3) is 0 Å². The van der Waals surface area contributed by atoms with Gasteiger partial charge in [-0.2, -0.15) is 0 Å². The van der Waals surface area contributed by atoms with Crippen LogP contribution in [0.3, 0.4) is 0 Å². The van der Waals surface area contributed by atoms with E-state index in [1.165, 1.54) is 0 Å². The lowest BCUT2D eigenvalue weighted by Gasteiger charge is -2.15. The van der Waals surface area contributed by atoms with E-state index in [1.807, 2.05) is 37.3 Å². The molecule has 0 bridgehead atoms. The van der Waals surface area contributed by atoms with Gasteiger partial charge in [-0.15, -0.1) is 0 Å². The number of carbonyl (C=O) groups is 1. The van der Waals surface area contributed by atoms with Crippen molar-refractivity contribution in [3.8, 4) is 0 Å². The molecular weight excluding hydrogens is 386 g/mol. The normalized spacial score (nSPS) is 11.0. The molecule has 3 aromatic rings. The van der Waals surface area contributed by atoms with E-state index in [4.69, 9.17) is 0 Å². The van der Waals surface area contributed by atoms with Crippen molar-refractivity contribution < 1.29 is 13.2 Å². The third kappa shape index (κ3) is 5.14. The summed E-state index contributed by atoms with van der Waals surface area (Å²) in [7, 11) is -3.76. The van der Waals surface area contributed by atoms with Crippen LogP contribution in [0.5, 0.6) is 0 Å². The number of para-hydroxylation sites is 1. The van der Waals surface area contributed by atoms with Gasteiger partial charge in [0.05, 0.1) is 10.6 Å². The molecular formula is C22H23N3O3S. The molecule has 0 aliphatic heterocycles. The summed E-state index contributed by atoms with van der Waals surface area (Å²) < 4.78 is 28.4. The lowest BCUT2D eigenvalue weighted by atomic mass is 10.1. The van der Waals surface area contributed by atoms with Crippen LogP contribution in [0.15, 0.2) is 71.6 Å². The van der Waals surface area contributed by atoms with E-state index < -0.39 is 16.1 Å². The van der Waals surface area contributed by atoms with E-state index in [2.05, 4.69) is 15.4 Å². The molecule has 3 rings (SSSR count). The van der Waals surface area contributed by atoms with Crippen LogP contribution >= 0.6 is 0 Å². The van der Waals surface area contributed by atoms with Gasteiger partial charge in [-0.25, -0.2) is 13.2 Å². The van der Waals surface area contributed by atoms with Crippen LogP contribution in [0.1, 0.15) is 16.7 Å². The van der Waals surface area contributed by atoms with Crippen LogP contribution in [-0.4, -0.2) is 14.4 Å². The quantitative estimate of drug-likeness (QED) is 0.551. The first-order valence-corrected chi connectivity index (χ1v) is 10.6. The van der Waals surface area contributed by atoms with Crippen molar-refractivity contribution in [1.29, 1.82) is 0 Å². The number of amides is 2.